The predicted octanol–water partition coefficient (Wildman–Crippen LogP) is 4.66. The quantitative estimate of drug-likeness (QED) is 0.560. The second-order valence-corrected chi connectivity index (χ2v) is 8.02. The third kappa shape index (κ3) is 6.89. The van der Waals surface area contributed by atoms with Crippen molar-refractivity contribution in [1.82, 2.24) is 4.90 Å². The first kappa shape index (κ1) is 21.9. The van der Waals surface area contributed by atoms with Crippen molar-refractivity contribution < 1.29 is 14.6 Å². The number of likely N-dealkylation sites (tertiary alicyclic amines) is 1. The van der Waals surface area contributed by atoms with E-state index in [0.717, 1.165) is 43.8 Å². The number of aliphatic hydroxyl groups excluding tert-OH is 1. The smallest absolute Gasteiger partial charge is 0.121 e. The molecule has 0 bridgehead atoms. The van der Waals surface area contributed by atoms with Crippen LogP contribution in [0.3, 0.4) is 0 Å². The fraction of sp³-hybridized carbons (Fsp3) is 0.409. The Morgan fingerprint density at radius 3 is 2.62 bits per heavy atom. The lowest BCUT2D eigenvalue weighted by molar-refractivity contribution is 0.0669. The minimum atomic E-state index is -0.524. The number of ether oxygens (including phenoxy) is 2. The summed E-state index contributed by atoms with van der Waals surface area (Å²) in [6, 6.07) is 12.6. The van der Waals surface area contributed by atoms with E-state index in [-0.39, 0.29) is 12.7 Å². The maximum Gasteiger partial charge on any atom is 0.121 e. The molecule has 1 aliphatic rings. The van der Waals surface area contributed by atoms with Gasteiger partial charge in [0, 0.05) is 31.9 Å². The first-order valence-corrected chi connectivity index (χ1v) is 10.5. The van der Waals surface area contributed by atoms with Crippen molar-refractivity contribution >= 4 is 29.4 Å². The van der Waals surface area contributed by atoms with Crippen LogP contribution in [0.4, 0.5) is 0 Å². The molecule has 2 N–H and O–H groups in total. The molecule has 0 saturated carbocycles. The Balaban J connectivity index is 1.34. The highest BCUT2D eigenvalue weighted by molar-refractivity contribution is 6.42. The molecule has 1 fully saturated rings. The van der Waals surface area contributed by atoms with E-state index in [1.165, 1.54) is 6.21 Å². The summed E-state index contributed by atoms with van der Waals surface area (Å²) in [5, 5.41) is 18.5. The van der Waals surface area contributed by atoms with E-state index >= 15 is 0 Å². The van der Waals surface area contributed by atoms with Crippen LogP contribution in [0, 0.1) is 5.41 Å². The third-order valence-electron chi connectivity index (χ3n) is 4.97. The Labute approximate surface area is 181 Å². The lowest BCUT2D eigenvalue weighted by Gasteiger charge is -2.32. The molecule has 0 radical (unpaired) electrons. The second kappa shape index (κ2) is 10.8. The molecule has 0 aliphatic carbocycles. The normalized spacial score (nSPS) is 16.4. The molecule has 1 atom stereocenters. The molecule has 0 aromatic heterocycles. The monoisotopic (exact) mass is 436 g/mol. The minimum Gasteiger partial charge on any atom is -0.491 e. The highest BCUT2D eigenvalue weighted by Gasteiger charge is 2.21. The van der Waals surface area contributed by atoms with Gasteiger partial charge in [-0.15, -0.1) is 0 Å². The van der Waals surface area contributed by atoms with Gasteiger partial charge in [-0.1, -0.05) is 35.3 Å². The molecule has 7 heteroatoms. The van der Waals surface area contributed by atoms with Gasteiger partial charge in [-0.05, 0) is 49.1 Å². The Kier molecular flexibility index (Phi) is 8.19. The van der Waals surface area contributed by atoms with E-state index in [0.29, 0.717) is 22.2 Å². The number of nitrogens with zero attached hydrogens (tertiary/aromatic N) is 1. The van der Waals surface area contributed by atoms with Crippen molar-refractivity contribution in [2.75, 3.05) is 26.2 Å². The molecule has 1 aliphatic heterocycles. The molecule has 3 rings (SSSR count). The SMILES string of the molecule is N=Cc1cccc(OC[C@@H](O)CCN2CCC(Oc3ccc(Cl)c(Cl)c3)CC2)c1. The van der Waals surface area contributed by atoms with Gasteiger partial charge in [0.05, 0.1) is 16.1 Å². The molecule has 1 saturated heterocycles. The molecule has 1 heterocycles. The summed E-state index contributed by atoms with van der Waals surface area (Å²) in [7, 11) is 0. The fourth-order valence-corrected chi connectivity index (χ4v) is 3.58. The summed E-state index contributed by atoms with van der Waals surface area (Å²) in [5.41, 5.74) is 0.781. The number of nitrogens with one attached hydrogen (secondary N) is 1. The molecular formula is C22H26Cl2N2O3. The Hall–Kier alpha value is -1.79. The maximum absolute atomic E-state index is 10.2. The zero-order valence-corrected chi connectivity index (χ0v) is 17.7. The first-order chi connectivity index (χ1) is 14.0. The summed E-state index contributed by atoms with van der Waals surface area (Å²) in [6.45, 7) is 2.94. The average molecular weight is 437 g/mol. The predicted molar refractivity (Wildman–Crippen MR) is 117 cm³/mol. The molecule has 156 valence electrons. The lowest BCUT2D eigenvalue weighted by atomic mass is 10.1. The van der Waals surface area contributed by atoms with Crippen LogP contribution in [0.1, 0.15) is 24.8 Å². The number of rotatable bonds is 9. The summed E-state index contributed by atoms with van der Waals surface area (Å²) in [6.07, 6.45) is 3.44. The van der Waals surface area contributed by atoms with Crippen molar-refractivity contribution in [3.05, 3.63) is 58.1 Å². The zero-order chi connectivity index (χ0) is 20.6. The summed E-state index contributed by atoms with van der Waals surface area (Å²) < 4.78 is 11.7. The van der Waals surface area contributed by atoms with Crippen LogP contribution in [-0.4, -0.2) is 54.7 Å². The highest BCUT2D eigenvalue weighted by Crippen LogP contribution is 2.28. The molecular weight excluding hydrogens is 411 g/mol. The number of piperidine rings is 1. The van der Waals surface area contributed by atoms with E-state index in [1.807, 2.05) is 24.3 Å². The molecule has 5 nitrogen and oxygen atoms in total. The summed E-state index contributed by atoms with van der Waals surface area (Å²) in [4.78, 5) is 2.34. The van der Waals surface area contributed by atoms with Gasteiger partial charge in [0.25, 0.3) is 0 Å². The number of hydrogen-bond acceptors (Lipinski definition) is 5. The Morgan fingerprint density at radius 2 is 1.90 bits per heavy atom. The molecule has 29 heavy (non-hydrogen) atoms. The molecule has 0 amide bonds. The van der Waals surface area contributed by atoms with E-state index in [4.69, 9.17) is 38.1 Å². The molecule has 2 aromatic carbocycles. The standard InChI is InChI=1S/C22H26Cl2N2O3/c23-21-5-4-20(13-22(21)24)29-18-7-10-26(11-8-18)9-6-17(27)15-28-19-3-1-2-16(12-19)14-25/h1-5,12-14,17-18,25,27H,6-11,15H2/t17-/m0/s1. The maximum atomic E-state index is 10.2. The number of aliphatic hydroxyl groups is 1. The van der Waals surface area contributed by atoms with Crippen LogP contribution in [0.25, 0.3) is 0 Å². The summed E-state index contributed by atoms with van der Waals surface area (Å²) >= 11 is 12.0. The van der Waals surface area contributed by atoms with E-state index in [9.17, 15) is 5.11 Å². The topological polar surface area (TPSA) is 65.8 Å². The van der Waals surface area contributed by atoms with Crippen LogP contribution in [0.2, 0.25) is 10.0 Å². The Bertz CT molecular complexity index is 810. The van der Waals surface area contributed by atoms with Gasteiger partial charge in [-0.25, -0.2) is 0 Å². The van der Waals surface area contributed by atoms with Crippen LogP contribution < -0.4 is 9.47 Å². The second-order valence-electron chi connectivity index (χ2n) is 7.21. The number of benzene rings is 2. The zero-order valence-electron chi connectivity index (χ0n) is 16.2. The highest BCUT2D eigenvalue weighted by atomic mass is 35.5. The van der Waals surface area contributed by atoms with E-state index in [2.05, 4.69) is 4.90 Å². The van der Waals surface area contributed by atoms with Crippen molar-refractivity contribution in [1.29, 1.82) is 5.41 Å². The van der Waals surface area contributed by atoms with Gasteiger partial charge in [0.1, 0.15) is 24.2 Å². The van der Waals surface area contributed by atoms with Crippen molar-refractivity contribution in [3.8, 4) is 11.5 Å². The van der Waals surface area contributed by atoms with Crippen LogP contribution in [-0.2, 0) is 0 Å². The largest absolute Gasteiger partial charge is 0.491 e. The first-order valence-electron chi connectivity index (χ1n) is 9.79. The van der Waals surface area contributed by atoms with Crippen molar-refractivity contribution in [2.24, 2.45) is 0 Å². The summed E-state index contributed by atoms with van der Waals surface area (Å²) in [5.74, 6) is 1.42. The van der Waals surface area contributed by atoms with Gasteiger partial charge >= 0.3 is 0 Å². The lowest BCUT2D eigenvalue weighted by Crippen LogP contribution is -2.39. The fourth-order valence-electron chi connectivity index (χ4n) is 3.29. The van der Waals surface area contributed by atoms with Gasteiger partial charge in [0.2, 0.25) is 0 Å². The van der Waals surface area contributed by atoms with Gasteiger partial charge in [0.15, 0.2) is 0 Å². The van der Waals surface area contributed by atoms with E-state index < -0.39 is 6.10 Å². The van der Waals surface area contributed by atoms with Crippen LogP contribution >= 0.6 is 23.2 Å². The van der Waals surface area contributed by atoms with Crippen LogP contribution in [0.15, 0.2) is 42.5 Å². The van der Waals surface area contributed by atoms with Crippen molar-refractivity contribution in [2.45, 2.75) is 31.5 Å². The molecule has 0 unspecified atom stereocenters. The van der Waals surface area contributed by atoms with Crippen LogP contribution in [0.5, 0.6) is 11.5 Å². The average Bonchev–Trinajstić information content (AvgIpc) is 2.74. The van der Waals surface area contributed by atoms with E-state index in [1.54, 1.807) is 18.2 Å². The molecule has 2 aromatic rings. The number of hydrogen-bond donors (Lipinski definition) is 2. The number of halogens is 2. The van der Waals surface area contributed by atoms with Gasteiger partial charge < -0.3 is 24.9 Å². The minimum absolute atomic E-state index is 0.165. The Morgan fingerprint density at radius 1 is 1.10 bits per heavy atom. The van der Waals surface area contributed by atoms with Gasteiger partial charge in [-0.2, -0.15) is 0 Å². The van der Waals surface area contributed by atoms with Crippen molar-refractivity contribution in [3.63, 3.8) is 0 Å². The van der Waals surface area contributed by atoms with Gasteiger partial charge in [-0.3, -0.25) is 0 Å². The third-order valence-corrected chi connectivity index (χ3v) is 5.71. The molecule has 0 spiro atoms.